The number of piperidine rings is 1. The Morgan fingerprint density at radius 3 is 3.00 bits per heavy atom. The molecule has 0 amide bonds. The van der Waals surface area contributed by atoms with E-state index in [1.54, 1.807) is 6.33 Å². The minimum Gasteiger partial charge on any atom is -0.355 e. The molecule has 2 heterocycles. The molecule has 1 aliphatic rings. The molecule has 4 heteroatoms. The first-order valence-corrected chi connectivity index (χ1v) is 6.52. The lowest BCUT2D eigenvalue weighted by Gasteiger charge is -2.35. The minimum absolute atomic E-state index is 0.258. The van der Waals surface area contributed by atoms with Gasteiger partial charge in [-0.25, -0.2) is 9.97 Å². The molecule has 0 saturated carbocycles. The minimum atomic E-state index is 0.258. The largest absolute Gasteiger partial charge is 0.355 e. The van der Waals surface area contributed by atoms with Gasteiger partial charge in [-0.15, -0.1) is 0 Å². The molecular weight excluding hydrogens is 212 g/mol. The van der Waals surface area contributed by atoms with Crippen molar-refractivity contribution in [2.75, 3.05) is 18.0 Å². The van der Waals surface area contributed by atoms with E-state index in [9.17, 15) is 0 Å². The maximum Gasteiger partial charge on any atom is 0.132 e. The first kappa shape index (κ1) is 12.3. The van der Waals surface area contributed by atoms with Gasteiger partial charge in [0.2, 0.25) is 0 Å². The lowest BCUT2D eigenvalue weighted by Crippen LogP contribution is -2.47. The smallest absolute Gasteiger partial charge is 0.132 e. The summed E-state index contributed by atoms with van der Waals surface area (Å²) in [7, 11) is 0. The molecular formula is C13H22N4. The van der Waals surface area contributed by atoms with E-state index >= 15 is 0 Å². The summed E-state index contributed by atoms with van der Waals surface area (Å²) in [4.78, 5) is 10.9. The molecule has 1 saturated heterocycles. The van der Waals surface area contributed by atoms with E-state index in [1.165, 1.54) is 0 Å². The fourth-order valence-electron chi connectivity index (χ4n) is 2.26. The number of rotatable bonds is 3. The second-order valence-corrected chi connectivity index (χ2v) is 4.99. The van der Waals surface area contributed by atoms with Gasteiger partial charge in [-0.3, -0.25) is 0 Å². The zero-order valence-electron chi connectivity index (χ0n) is 10.8. The average Bonchev–Trinajstić information content (AvgIpc) is 2.33. The highest BCUT2D eigenvalue weighted by Gasteiger charge is 2.23. The maximum absolute atomic E-state index is 6.12. The van der Waals surface area contributed by atoms with Gasteiger partial charge in [-0.2, -0.15) is 0 Å². The van der Waals surface area contributed by atoms with Crippen LogP contribution in [0.2, 0.25) is 0 Å². The highest BCUT2D eigenvalue weighted by atomic mass is 15.2. The number of hydrogen-bond acceptors (Lipinski definition) is 4. The Bertz CT molecular complexity index is 366. The first-order valence-electron chi connectivity index (χ1n) is 6.52. The molecule has 0 bridgehead atoms. The Morgan fingerprint density at radius 1 is 1.47 bits per heavy atom. The van der Waals surface area contributed by atoms with Crippen LogP contribution in [0.15, 0.2) is 12.4 Å². The number of aryl methyl sites for hydroxylation is 1. The zero-order valence-corrected chi connectivity index (χ0v) is 10.8. The van der Waals surface area contributed by atoms with Crippen molar-refractivity contribution in [3.05, 3.63) is 18.1 Å². The summed E-state index contributed by atoms with van der Waals surface area (Å²) < 4.78 is 0. The van der Waals surface area contributed by atoms with E-state index in [-0.39, 0.29) is 6.04 Å². The highest BCUT2D eigenvalue weighted by molar-refractivity contribution is 5.39. The quantitative estimate of drug-likeness (QED) is 0.863. The van der Waals surface area contributed by atoms with Crippen molar-refractivity contribution in [1.82, 2.24) is 9.97 Å². The molecule has 0 spiro atoms. The Labute approximate surface area is 103 Å². The summed E-state index contributed by atoms with van der Waals surface area (Å²) in [6, 6.07) is 2.36. The van der Waals surface area contributed by atoms with E-state index in [4.69, 9.17) is 5.73 Å². The lowest BCUT2D eigenvalue weighted by atomic mass is 9.94. The monoisotopic (exact) mass is 234 g/mol. The molecule has 1 aliphatic heterocycles. The molecule has 2 unspecified atom stereocenters. The molecule has 17 heavy (non-hydrogen) atoms. The highest BCUT2D eigenvalue weighted by Crippen LogP contribution is 2.21. The van der Waals surface area contributed by atoms with E-state index in [0.29, 0.717) is 5.92 Å². The number of aromatic nitrogens is 2. The van der Waals surface area contributed by atoms with Crippen LogP contribution in [0.25, 0.3) is 0 Å². The van der Waals surface area contributed by atoms with Gasteiger partial charge in [0.15, 0.2) is 0 Å². The van der Waals surface area contributed by atoms with Crippen LogP contribution in [-0.4, -0.2) is 29.1 Å². The maximum atomic E-state index is 6.12. The summed E-state index contributed by atoms with van der Waals surface area (Å²) >= 11 is 0. The van der Waals surface area contributed by atoms with Crippen molar-refractivity contribution in [2.24, 2.45) is 11.7 Å². The van der Waals surface area contributed by atoms with Crippen molar-refractivity contribution in [1.29, 1.82) is 0 Å². The fraction of sp³-hybridized carbons (Fsp3) is 0.692. The second kappa shape index (κ2) is 5.45. The third kappa shape index (κ3) is 2.94. The fourth-order valence-corrected chi connectivity index (χ4v) is 2.26. The van der Waals surface area contributed by atoms with Crippen LogP contribution in [-0.2, 0) is 6.42 Å². The van der Waals surface area contributed by atoms with E-state index in [1.807, 2.05) is 0 Å². The molecule has 0 aromatic carbocycles. The summed E-state index contributed by atoms with van der Waals surface area (Å²) in [5.41, 5.74) is 7.25. The number of hydrogen-bond donors (Lipinski definition) is 1. The van der Waals surface area contributed by atoms with Crippen LogP contribution in [0.5, 0.6) is 0 Å². The predicted molar refractivity (Wildman–Crippen MR) is 70.0 cm³/mol. The zero-order chi connectivity index (χ0) is 12.3. The SMILES string of the molecule is CCCc1cc(N2CCC(C)C(N)C2)ncn1. The number of anilines is 1. The number of nitrogens with two attached hydrogens (primary N) is 1. The van der Waals surface area contributed by atoms with E-state index in [2.05, 4.69) is 34.8 Å². The molecule has 0 aliphatic carbocycles. The summed E-state index contributed by atoms with van der Waals surface area (Å²) in [6.45, 7) is 6.35. The molecule has 1 aromatic heterocycles. The molecule has 2 atom stereocenters. The third-order valence-corrected chi connectivity index (χ3v) is 3.56. The summed E-state index contributed by atoms with van der Waals surface area (Å²) in [6.07, 6.45) is 4.96. The predicted octanol–water partition coefficient (Wildman–Crippen LogP) is 1.60. The van der Waals surface area contributed by atoms with Gasteiger partial charge >= 0.3 is 0 Å². The van der Waals surface area contributed by atoms with Gasteiger partial charge in [-0.05, 0) is 18.8 Å². The molecule has 1 aromatic rings. The van der Waals surface area contributed by atoms with Gasteiger partial charge in [0.1, 0.15) is 12.1 Å². The molecule has 2 N–H and O–H groups in total. The molecule has 4 nitrogen and oxygen atoms in total. The second-order valence-electron chi connectivity index (χ2n) is 4.99. The normalized spacial score (nSPS) is 25.0. The van der Waals surface area contributed by atoms with Crippen LogP contribution in [0.4, 0.5) is 5.82 Å². The lowest BCUT2D eigenvalue weighted by molar-refractivity contribution is 0.378. The van der Waals surface area contributed by atoms with E-state index < -0.39 is 0 Å². The van der Waals surface area contributed by atoms with Crippen molar-refractivity contribution in [2.45, 2.75) is 39.2 Å². The topological polar surface area (TPSA) is 55.0 Å². The molecule has 2 rings (SSSR count). The van der Waals surface area contributed by atoms with Crippen molar-refractivity contribution in [3.8, 4) is 0 Å². The van der Waals surface area contributed by atoms with Crippen molar-refractivity contribution < 1.29 is 0 Å². The number of nitrogens with zero attached hydrogens (tertiary/aromatic N) is 3. The van der Waals surface area contributed by atoms with Gasteiger partial charge in [0.05, 0.1) is 0 Å². The average molecular weight is 234 g/mol. The Kier molecular flexibility index (Phi) is 3.94. The van der Waals surface area contributed by atoms with Crippen LogP contribution >= 0.6 is 0 Å². The van der Waals surface area contributed by atoms with Gasteiger partial charge in [0.25, 0.3) is 0 Å². The van der Waals surface area contributed by atoms with Crippen LogP contribution in [0, 0.1) is 5.92 Å². The molecule has 0 radical (unpaired) electrons. The van der Waals surface area contributed by atoms with E-state index in [0.717, 1.165) is 43.9 Å². The Morgan fingerprint density at radius 2 is 2.29 bits per heavy atom. The van der Waals surface area contributed by atoms with Gasteiger partial charge in [-0.1, -0.05) is 20.3 Å². The third-order valence-electron chi connectivity index (χ3n) is 3.56. The Hall–Kier alpha value is -1.16. The van der Waals surface area contributed by atoms with Crippen molar-refractivity contribution in [3.63, 3.8) is 0 Å². The van der Waals surface area contributed by atoms with Gasteiger partial charge < -0.3 is 10.6 Å². The molecule has 1 fully saturated rings. The Balaban J connectivity index is 2.09. The standard InChI is InChI=1S/C13H22N4/c1-3-4-11-7-13(16-9-15-11)17-6-5-10(2)12(14)8-17/h7,9-10,12H,3-6,8,14H2,1-2H3. The van der Waals surface area contributed by atoms with Crippen LogP contribution < -0.4 is 10.6 Å². The van der Waals surface area contributed by atoms with Gasteiger partial charge in [0, 0.05) is 30.9 Å². The van der Waals surface area contributed by atoms with Crippen LogP contribution in [0.1, 0.15) is 32.4 Å². The first-order chi connectivity index (χ1) is 8.20. The van der Waals surface area contributed by atoms with Crippen molar-refractivity contribution >= 4 is 5.82 Å². The summed E-state index contributed by atoms with van der Waals surface area (Å²) in [5.74, 6) is 1.65. The van der Waals surface area contributed by atoms with Crippen LogP contribution in [0.3, 0.4) is 0 Å². The summed E-state index contributed by atoms with van der Waals surface area (Å²) in [5, 5.41) is 0. The molecule has 94 valence electrons.